The Labute approximate surface area is 113 Å². The number of methoxy groups -OCH3 is 1. The van der Waals surface area contributed by atoms with Gasteiger partial charge in [0.2, 0.25) is 0 Å². The molecule has 4 aliphatic carbocycles. The molecule has 4 aliphatic rings. The minimum absolute atomic E-state index is 0.197. The summed E-state index contributed by atoms with van der Waals surface area (Å²) in [6, 6.07) is 0. The molecule has 1 N–H and O–H groups in total. The van der Waals surface area contributed by atoms with Crippen molar-refractivity contribution in [2.75, 3.05) is 7.11 Å². The second-order valence-electron chi connectivity index (χ2n) is 7.37. The molecule has 0 heterocycles. The SMILES string of the molecule is COC(=O)C12CC3CC(CC(C(=O)O)(C3)C1(C)C)C2. The molecule has 0 aromatic heterocycles. The Hall–Kier alpha value is -1.06. The van der Waals surface area contributed by atoms with Gasteiger partial charge in [0.15, 0.2) is 0 Å². The maximum absolute atomic E-state index is 12.4. The van der Waals surface area contributed by atoms with Gasteiger partial charge in [-0.1, -0.05) is 13.8 Å². The minimum Gasteiger partial charge on any atom is -0.481 e. The van der Waals surface area contributed by atoms with Crippen molar-refractivity contribution in [1.82, 2.24) is 0 Å². The lowest BCUT2D eigenvalue weighted by Crippen LogP contribution is -2.68. The average Bonchev–Trinajstić information content (AvgIpc) is 2.33. The van der Waals surface area contributed by atoms with E-state index in [1.54, 1.807) is 0 Å². The fourth-order valence-corrected chi connectivity index (χ4v) is 5.62. The van der Waals surface area contributed by atoms with Gasteiger partial charge in [0.25, 0.3) is 0 Å². The van der Waals surface area contributed by atoms with Crippen LogP contribution in [0, 0.1) is 28.1 Å². The standard InChI is InChI=1S/C15H22O4/c1-13(2)14(11(16)17)5-9-4-10(6-14)8-15(13,7-9)12(18)19-3/h9-10H,4-8H2,1-3H3,(H,16,17). The molecule has 106 valence electrons. The number of hydrogen-bond donors (Lipinski definition) is 1. The maximum Gasteiger partial charge on any atom is 0.312 e. The lowest BCUT2D eigenvalue weighted by atomic mass is 9.34. The summed E-state index contributed by atoms with van der Waals surface area (Å²) in [5, 5.41) is 9.83. The van der Waals surface area contributed by atoms with Crippen LogP contribution in [-0.4, -0.2) is 24.2 Å². The third-order valence-corrected chi connectivity index (χ3v) is 6.59. The molecule has 0 aromatic carbocycles. The van der Waals surface area contributed by atoms with E-state index in [1.807, 2.05) is 13.8 Å². The van der Waals surface area contributed by atoms with Gasteiger partial charge in [-0.3, -0.25) is 9.59 Å². The van der Waals surface area contributed by atoms with Gasteiger partial charge in [0, 0.05) is 0 Å². The summed E-state index contributed by atoms with van der Waals surface area (Å²) in [4.78, 5) is 24.4. The van der Waals surface area contributed by atoms with Crippen LogP contribution in [0.3, 0.4) is 0 Å². The predicted octanol–water partition coefficient (Wildman–Crippen LogP) is 2.47. The number of ether oxygens (including phenoxy) is 1. The summed E-state index contributed by atoms with van der Waals surface area (Å²) >= 11 is 0. The van der Waals surface area contributed by atoms with E-state index in [2.05, 4.69) is 0 Å². The van der Waals surface area contributed by atoms with Crippen LogP contribution in [-0.2, 0) is 14.3 Å². The Kier molecular flexibility index (Phi) is 2.40. The highest BCUT2D eigenvalue weighted by atomic mass is 16.5. The summed E-state index contributed by atoms with van der Waals surface area (Å²) in [5.41, 5.74) is -1.87. The van der Waals surface area contributed by atoms with Crippen LogP contribution in [0.15, 0.2) is 0 Å². The first-order chi connectivity index (χ1) is 8.79. The Balaban J connectivity index is 2.17. The molecule has 19 heavy (non-hydrogen) atoms. The number of carboxylic acid groups (broad SMARTS) is 1. The maximum atomic E-state index is 12.4. The molecule has 0 aromatic rings. The lowest BCUT2D eigenvalue weighted by Gasteiger charge is -2.68. The Morgan fingerprint density at radius 3 is 1.95 bits per heavy atom. The van der Waals surface area contributed by atoms with Gasteiger partial charge in [-0.2, -0.15) is 0 Å². The smallest absolute Gasteiger partial charge is 0.312 e. The highest BCUT2D eigenvalue weighted by Gasteiger charge is 2.73. The van der Waals surface area contributed by atoms with Crippen molar-refractivity contribution in [2.24, 2.45) is 28.1 Å². The van der Waals surface area contributed by atoms with Crippen molar-refractivity contribution in [1.29, 1.82) is 0 Å². The van der Waals surface area contributed by atoms with E-state index in [0.717, 1.165) is 32.1 Å². The summed E-state index contributed by atoms with van der Waals surface area (Å²) in [5.74, 6) is -0.177. The number of hydrogen-bond acceptors (Lipinski definition) is 3. The number of esters is 1. The van der Waals surface area contributed by atoms with E-state index in [9.17, 15) is 14.7 Å². The van der Waals surface area contributed by atoms with Crippen LogP contribution in [0.1, 0.15) is 46.0 Å². The zero-order chi connectivity index (χ0) is 14.1. The lowest BCUT2D eigenvalue weighted by molar-refractivity contribution is -0.234. The molecule has 0 radical (unpaired) electrons. The highest BCUT2D eigenvalue weighted by Crippen LogP contribution is 2.73. The van der Waals surface area contributed by atoms with Crippen LogP contribution in [0.2, 0.25) is 0 Å². The first-order valence-corrected chi connectivity index (χ1v) is 7.11. The van der Waals surface area contributed by atoms with Gasteiger partial charge in [0.1, 0.15) is 0 Å². The topological polar surface area (TPSA) is 63.6 Å². The molecule has 4 rings (SSSR count). The highest BCUT2D eigenvalue weighted by molar-refractivity contribution is 5.84. The molecule has 2 unspecified atom stereocenters. The molecule has 0 spiro atoms. The molecular weight excluding hydrogens is 244 g/mol. The number of carbonyl (C=O) groups excluding carboxylic acids is 1. The van der Waals surface area contributed by atoms with Crippen LogP contribution < -0.4 is 0 Å². The van der Waals surface area contributed by atoms with Crippen LogP contribution in [0.4, 0.5) is 0 Å². The second kappa shape index (κ2) is 3.53. The monoisotopic (exact) mass is 266 g/mol. The van der Waals surface area contributed by atoms with E-state index in [-0.39, 0.29) is 5.97 Å². The number of rotatable bonds is 2. The Morgan fingerprint density at radius 2 is 1.53 bits per heavy atom. The summed E-state index contributed by atoms with van der Waals surface area (Å²) in [6.07, 6.45) is 4.15. The molecule has 4 bridgehead atoms. The first kappa shape index (κ1) is 12.9. The van der Waals surface area contributed by atoms with E-state index < -0.39 is 22.2 Å². The fraction of sp³-hybridized carbons (Fsp3) is 0.867. The normalized spacial score (nSPS) is 46.1. The van der Waals surface area contributed by atoms with Crippen molar-refractivity contribution in [2.45, 2.75) is 46.0 Å². The minimum atomic E-state index is -0.745. The molecule has 0 aliphatic heterocycles. The molecule has 4 heteroatoms. The third kappa shape index (κ3) is 1.25. The number of aliphatic carboxylic acids is 1. The molecular formula is C15H22O4. The second-order valence-corrected chi connectivity index (χ2v) is 7.37. The van der Waals surface area contributed by atoms with Crippen molar-refractivity contribution in [3.63, 3.8) is 0 Å². The zero-order valence-corrected chi connectivity index (χ0v) is 11.9. The van der Waals surface area contributed by atoms with Crippen molar-refractivity contribution in [3.05, 3.63) is 0 Å². The fourth-order valence-electron chi connectivity index (χ4n) is 5.62. The van der Waals surface area contributed by atoms with Crippen molar-refractivity contribution < 1.29 is 19.4 Å². The van der Waals surface area contributed by atoms with E-state index in [4.69, 9.17) is 4.74 Å². The first-order valence-electron chi connectivity index (χ1n) is 7.11. The molecule has 4 fully saturated rings. The van der Waals surface area contributed by atoms with Gasteiger partial charge in [-0.15, -0.1) is 0 Å². The summed E-state index contributed by atoms with van der Waals surface area (Å²) in [7, 11) is 1.42. The Bertz CT molecular complexity index is 437. The largest absolute Gasteiger partial charge is 0.481 e. The van der Waals surface area contributed by atoms with Gasteiger partial charge in [0.05, 0.1) is 17.9 Å². The molecule has 0 amide bonds. The van der Waals surface area contributed by atoms with Gasteiger partial charge >= 0.3 is 11.9 Å². The van der Waals surface area contributed by atoms with Crippen molar-refractivity contribution >= 4 is 11.9 Å². The zero-order valence-electron chi connectivity index (χ0n) is 11.9. The number of carbonyl (C=O) groups is 2. The summed E-state index contributed by atoms with van der Waals surface area (Å²) < 4.78 is 5.06. The van der Waals surface area contributed by atoms with E-state index in [0.29, 0.717) is 11.8 Å². The predicted molar refractivity (Wildman–Crippen MR) is 68.4 cm³/mol. The van der Waals surface area contributed by atoms with Gasteiger partial charge in [-0.25, -0.2) is 0 Å². The molecule has 0 saturated heterocycles. The quantitative estimate of drug-likeness (QED) is 0.780. The van der Waals surface area contributed by atoms with E-state index in [1.165, 1.54) is 7.11 Å². The molecule has 4 saturated carbocycles. The average molecular weight is 266 g/mol. The summed E-state index contributed by atoms with van der Waals surface area (Å²) in [6.45, 7) is 3.94. The third-order valence-electron chi connectivity index (χ3n) is 6.59. The van der Waals surface area contributed by atoms with Gasteiger partial charge in [-0.05, 0) is 49.4 Å². The Morgan fingerprint density at radius 1 is 1.05 bits per heavy atom. The van der Waals surface area contributed by atoms with Crippen LogP contribution in [0.25, 0.3) is 0 Å². The molecule has 4 nitrogen and oxygen atoms in total. The van der Waals surface area contributed by atoms with Crippen molar-refractivity contribution in [3.8, 4) is 0 Å². The van der Waals surface area contributed by atoms with Gasteiger partial charge < -0.3 is 9.84 Å². The number of carboxylic acids is 1. The van der Waals surface area contributed by atoms with Crippen LogP contribution >= 0.6 is 0 Å². The van der Waals surface area contributed by atoms with Crippen LogP contribution in [0.5, 0.6) is 0 Å². The van der Waals surface area contributed by atoms with E-state index >= 15 is 0 Å². The molecule has 2 atom stereocenters.